The molecule has 0 atom stereocenters. The first-order chi connectivity index (χ1) is 7.90. The van der Waals surface area contributed by atoms with Crippen LogP contribution in [-0.4, -0.2) is 28.1 Å². The molecule has 7 heteroatoms. The smallest absolute Gasteiger partial charge is 0.338 e. The molecule has 0 saturated heterocycles. The van der Waals surface area contributed by atoms with Crippen molar-refractivity contribution >= 4 is 23.5 Å². The molecule has 3 N–H and O–H groups in total. The second-order valence-corrected chi connectivity index (χ2v) is 3.12. The Labute approximate surface area is 94.7 Å². The maximum atomic E-state index is 13.0. The minimum atomic E-state index is -1.48. The van der Waals surface area contributed by atoms with Crippen LogP contribution >= 0.6 is 0 Å². The van der Waals surface area contributed by atoms with Crippen molar-refractivity contribution in [2.24, 2.45) is 0 Å². The fourth-order valence-electron chi connectivity index (χ4n) is 1.11. The van der Waals surface area contributed by atoms with E-state index in [-0.39, 0.29) is 5.69 Å². The lowest BCUT2D eigenvalue weighted by Crippen LogP contribution is -2.16. The molecule has 0 spiro atoms. The van der Waals surface area contributed by atoms with Gasteiger partial charge in [-0.2, -0.15) is 0 Å². The van der Waals surface area contributed by atoms with E-state index < -0.39 is 35.6 Å². The SMILES string of the molecule is O=C(O)CC(=O)Nc1ccc(F)c(C(=O)O)c1. The van der Waals surface area contributed by atoms with Crippen molar-refractivity contribution in [3.63, 3.8) is 0 Å². The van der Waals surface area contributed by atoms with E-state index >= 15 is 0 Å². The summed E-state index contributed by atoms with van der Waals surface area (Å²) in [6, 6.07) is 2.93. The largest absolute Gasteiger partial charge is 0.481 e. The first-order valence-corrected chi connectivity index (χ1v) is 4.44. The monoisotopic (exact) mass is 241 g/mol. The lowest BCUT2D eigenvalue weighted by molar-refractivity contribution is -0.139. The number of amides is 1. The van der Waals surface area contributed by atoms with Crippen molar-refractivity contribution in [1.29, 1.82) is 0 Å². The first-order valence-electron chi connectivity index (χ1n) is 4.44. The zero-order chi connectivity index (χ0) is 13.0. The van der Waals surface area contributed by atoms with E-state index in [9.17, 15) is 18.8 Å². The number of benzene rings is 1. The van der Waals surface area contributed by atoms with Crippen molar-refractivity contribution in [2.75, 3.05) is 5.32 Å². The zero-order valence-corrected chi connectivity index (χ0v) is 8.44. The number of carbonyl (C=O) groups excluding carboxylic acids is 1. The minimum absolute atomic E-state index is 0.0232. The number of anilines is 1. The van der Waals surface area contributed by atoms with Gasteiger partial charge in [-0.25, -0.2) is 9.18 Å². The number of halogens is 1. The van der Waals surface area contributed by atoms with Crippen molar-refractivity contribution in [2.45, 2.75) is 6.42 Å². The van der Waals surface area contributed by atoms with E-state index in [4.69, 9.17) is 10.2 Å². The molecule has 0 aliphatic heterocycles. The molecule has 0 heterocycles. The molecule has 0 aliphatic carbocycles. The normalized spacial score (nSPS) is 9.71. The molecular weight excluding hydrogens is 233 g/mol. The molecule has 0 radical (unpaired) electrons. The van der Waals surface area contributed by atoms with Gasteiger partial charge in [-0.05, 0) is 18.2 Å². The first kappa shape index (κ1) is 12.6. The van der Waals surface area contributed by atoms with Gasteiger partial charge in [-0.15, -0.1) is 0 Å². The molecular formula is C10H8FNO5. The van der Waals surface area contributed by atoms with Crippen LogP contribution in [-0.2, 0) is 9.59 Å². The van der Waals surface area contributed by atoms with E-state index in [1.807, 2.05) is 0 Å². The van der Waals surface area contributed by atoms with Crippen LogP contribution in [0.4, 0.5) is 10.1 Å². The molecule has 0 bridgehead atoms. The van der Waals surface area contributed by atoms with Crippen LogP contribution in [0.1, 0.15) is 16.8 Å². The summed E-state index contributed by atoms with van der Waals surface area (Å²) >= 11 is 0. The number of aliphatic carboxylic acids is 1. The molecule has 1 rings (SSSR count). The Balaban J connectivity index is 2.86. The van der Waals surface area contributed by atoms with Gasteiger partial charge in [0.15, 0.2) is 0 Å². The summed E-state index contributed by atoms with van der Waals surface area (Å²) in [6.07, 6.45) is -0.750. The summed E-state index contributed by atoms with van der Waals surface area (Å²) < 4.78 is 13.0. The predicted octanol–water partition coefficient (Wildman–Crippen LogP) is 0.937. The summed E-state index contributed by atoms with van der Waals surface area (Å²) in [5, 5.41) is 19.1. The van der Waals surface area contributed by atoms with Gasteiger partial charge >= 0.3 is 11.9 Å². The van der Waals surface area contributed by atoms with Crippen LogP contribution < -0.4 is 5.32 Å². The fourth-order valence-corrected chi connectivity index (χ4v) is 1.11. The third kappa shape index (κ3) is 3.56. The van der Waals surface area contributed by atoms with Crippen LogP contribution in [0.3, 0.4) is 0 Å². The van der Waals surface area contributed by atoms with Crippen LogP contribution in [0.25, 0.3) is 0 Å². The Morgan fingerprint density at radius 2 is 1.88 bits per heavy atom. The van der Waals surface area contributed by atoms with E-state index in [0.29, 0.717) is 0 Å². The van der Waals surface area contributed by atoms with Crippen molar-refractivity contribution in [3.8, 4) is 0 Å². The molecule has 1 aromatic rings. The van der Waals surface area contributed by atoms with Gasteiger partial charge in [-0.3, -0.25) is 9.59 Å². The van der Waals surface area contributed by atoms with Crippen molar-refractivity contribution in [3.05, 3.63) is 29.6 Å². The number of nitrogens with one attached hydrogen (secondary N) is 1. The molecule has 0 unspecified atom stereocenters. The Hall–Kier alpha value is -2.44. The lowest BCUT2D eigenvalue weighted by Gasteiger charge is -2.05. The summed E-state index contributed by atoms with van der Waals surface area (Å²) in [6.45, 7) is 0. The van der Waals surface area contributed by atoms with Gasteiger partial charge in [0.25, 0.3) is 0 Å². The van der Waals surface area contributed by atoms with Crippen LogP contribution in [0, 0.1) is 5.82 Å². The van der Waals surface area contributed by atoms with Crippen molar-refractivity contribution in [1.82, 2.24) is 0 Å². The molecule has 1 amide bonds. The van der Waals surface area contributed by atoms with E-state index in [2.05, 4.69) is 5.32 Å². The molecule has 90 valence electrons. The summed E-state index contributed by atoms with van der Waals surface area (Å²) in [5.74, 6) is -4.55. The predicted molar refractivity (Wildman–Crippen MR) is 54.2 cm³/mol. The maximum Gasteiger partial charge on any atom is 0.338 e. The average molecular weight is 241 g/mol. The highest BCUT2D eigenvalue weighted by Gasteiger charge is 2.13. The molecule has 0 fully saturated rings. The van der Waals surface area contributed by atoms with E-state index in [0.717, 1.165) is 18.2 Å². The Kier molecular flexibility index (Phi) is 3.76. The number of carbonyl (C=O) groups is 3. The Morgan fingerprint density at radius 3 is 2.41 bits per heavy atom. The molecule has 17 heavy (non-hydrogen) atoms. The van der Waals surface area contributed by atoms with Gasteiger partial charge < -0.3 is 15.5 Å². The summed E-state index contributed by atoms with van der Waals surface area (Å²) in [5.41, 5.74) is -0.576. The number of carboxylic acid groups (broad SMARTS) is 2. The number of rotatable bonds is 4. The highest BCUT2D eigenvalue weighted by Crippen LogP contribution is 2.15. The van der Waals surface area contributed by atoms with Gasteiger partial charge in [0.05, 0.1) is 5.56 Å². The highest BCUT2D eigenvalue weighted by molar-refractivity contribution is 6.01. The molecule has 0 saturated carbocycles. The number of aromatic carboxylic acids is 1. The van der Waals surface area contributed by atoms with Crippen LogP contribution in [0.5, 0.6) is 0 Å². The lowest BCUT2D eigenvalue weighted by atomic mass is 10.2. The average Bonchev–Trinajstić information content (AvgIpc) is 2.19. The third-order valence-corrected chi connectivity index (χ3v) is 1.79. The molecule has 0 aromatic heterocycles. The fraction of sp³-hybridized carbons (Fsp3) is 0.100. The van der Waals surface area contributed by atoms with Crippen molar-refractivity contribution < 1.29 is 29.0 Å². The van der Waals surface area contributed by atoms with Gasteiger partial charge in [0.2, 0.25) is 5.91 Å². The maximum absolute atomic E-state index is 13.0. The second-order valence-electron chi connectivity index (χ2n) is 3.12. The Bertz CT molecular complexity index is 486. The van der Waals surface area contributed by atoms with Gasteiger partial charge in [0.1, 0.15) is 12.2 Å². The number of carboxylic acids is 2. The van der Waals surface area contributed by atoms with E-state index in [1.165, 1.54) is 0 Å². The van der Waals surface area contributed by atoms with Crippen LogP contribution in [0.2, 0.25) is 0 Å². The topological polar surface area (TPSA) is 104 Å². The van der Waals surface area contributed by atoms with Gasteiger partial charge in [0, 0.05) is 5.69 Å². The third-order valence-electron chi connectivity index (χ3n) is 1.79. The summed E-state index contributed by atoms with van der Waals surface area (Å²) in [7, 11) is 0. The van der Waals surface area contributed by atoms with E-state index in [1.54, 1.807) is 0 Å². The van der Waals surface area contributed by atoms with Crippen LogP contribution in [0.15, 0.2) is 18.2 Å². The zero-order valence-electron chi connectivity index (χ0n) is 8.44. The highest BCUT2D eigenvalue weighted by atomic mass is 19.1. The Morgan fingerprint density at radius 1 is 1.24 bits per heavy atom. The molecule has 0 aliphatic rings. The van der Waals surface area contributed by atoms with Gasteiger partial charge in [-0.1, -0.05) is 0 Å². The second kappa shape index (κ2) is 5.06. The minimum Gasteiger partial charge on any atom is -0.481 e. The standard InChI is InChI=1S/C10H8FNO5/c11-7-2-1-5(3-6(7)10(16)17)12-8(13)4-9(14)15/h1-3H,4H2,(H,12,13)(H,14,15)(H,16,17). The molecule has 1 aromatic carbocycles. The quantitative estimate of drug-likeness (QED) is 0.680. The summed E-state index contributed by atoms with van der Waals surface area (Å²) in [4.78, 5) is 31.9. The number of hydrogen-bond acceptors (Lipinski definition) is 3. The molecule has 6 nitrogen and oxygen atoms in total. The number of hydrogen-bond donors (Lipinski definition) is 3.